The van der Waals surface area contributed by atoms with Gasteiger partial charge in [0.25, 0.3) is 0 Å². The average Bonchev–Trinajstić information content (AvgIpc) is 2.71. The smallest absolute Gasteiger partial charge is 0.753 e. The first kappa shape index (κ1) is 39.8. The molecule has 0 unspecified atom stereocenters. The van der Waals surface area contributed by atoms with Gasteiger partial charge in [-0.3, -0.25) is 9.97 Å². The second-order valence-corrected chi connectivity index (χ2v) is 4.59. The number of carbonyl (C=O) groups is 2. The van der Waals surface area contributed by atoms with Crippen LogP contribution in [0.5, 0.6) is 0 Å². The summed E-state index contributed by atoms with van der Waals surface area (Å²) >= 11 is 7.40. The summed E-state index contributed by atoms with van der Waals surface area (Å²) in [6.45, 7) is 0. The van der Waals surface area contributed by atoms with Gasteiger partial charge in [-0.05, 0) is 12.1 Å². The van der Waals surface area contributed by atoms with E-state index in [-0.39, 0.29) is 30.4 Å². The Morgan fingerprint density at radius 1 is 0.879 bits per heavy atom. The van der Waals surface area contributed by atoms with Crippen LogP contribution in [-0.4, -0.2) is 44.8 Å². The molecule has 0 saturated carbocycles. The van der Waals surface area contributed by atoms with Crippen molar-refractivity contribution in [2.24, 2.45) is 21.7 Å². The Kier molecular flexibility index (Phi) is 36.8. The fraction of sp³-hybridized carbons (Fsp3) is 0. The number of nitrogens with one attached hydrogen (secondary N) is 2. The summed E-state index contributed by atoms with van der Waals surface area (Å²) in [7, 11) is 0. The zero-order chi connectivity index (χ0) is 23.0. The minimum atomic E-state index is -0.685. The van der Waals surface area contributed by atoms with E-state index >= 15 is 0 Å². The van der Waals surface area contributed by atoms with Gasteiger partial charge in [0.05, 0.1) is 12.4 Å². The predicted molar refractivity (Wildman–Crippen MR) is 131 cm³/mol. The number of hydrazone groups is 2. The largest absolute Gasteiger partial charge is 2.00 e. The van der Waals surface area contributed by atoms with E-state index in [0.29, 0.717) is 0 Å². The first-order valence-electron chi connectivity index (χ1n) is 7.40. The van der Waals surface area contributed by atoms with Crippen molar-refractivity contribution in [3.05, 3.63) is 71.0 Å². The number of rotatable bonds is 4. The zero-order valence-electron chi connectivity index (χ0n) is 17.1. The number of aromatic nitrogens is 2. The summed E-state index contributed by atoms with van der Waals surface area (Å²) in [5.41, 5.74) is 15.3. The van der Waals surface area contributed by atoms with E-state index in [1.807, 2.05) is 0 Å². The third-order valence-electron chi connectivity index (χ3n) is 2.15. The second kappa shape index (κ2) is 30.5. The van der Waals surface area contributed by atoms with Crippen LogP contribution >= 0.6 is 24.4 Å². The van der Waals surface area contributed by atoms with E-state index < -0.39 is 12.1 Å². The molecular formula is C16H22N10O4S2Zn+2. The van der Waals surface area contributed by atoms with Crippen molar-refractivity contribution < 1.29 is 40.0 Å². The number of nitrogens with zero attached hydrogens (tertiary/aromatic N) is 6. The van der Waals surface area contributed by atoms with E-state index in [9.17, 15) is 9.59 Å². The maximum atomic E-state index is 10.2. The molecule has 0 aliphatic carbocycles. The van der Waals surface area contributed by atoms with Crippen LogP contribution < -0.4 is 22.3 Å². The maximum Gasteiger partial charge on any atom is 2.00 e. The van der Waals surface area contributed by atoms with Crippen molar-refractivity contribution in [2.75, 3.05) is 0 Å². The number of thiocarbonyl (C=S) groups is 2. The molecule has 2 rings (SSSR count). The molecule has 0 aliphatic heterocycles. The molecule has 17 heteroatoms. The molecule has 0 spiro atoms. The van der Waals surface area contributed by atoms with Crippen LogP contribution in [0.4, 0.5) is 9.59 Å². The molecule has 0 saturated heterocycles. The molecule has 0 radical (unpaired) electrons. The maximum absolute atomic E-state index is 10.2. The summed E-state index contributed by atoms with van der Waals surface area (Å²) in [6.07, 6.45) is 9.45. The van der Waals surface area contributed by atoms with Crippen molar-refractivity contribution in [3.63, 3.8) is 0 Å². The summed E-state index contributed by atoms with van der Waals surface area (Å²) in [5.74, 6) is 0. The molecule has 2 heterocycles. The van der Waals surface area contributed by atoms with E-state index in [4.69, 9.17) is 22.3 Å². The number of amides is 4. The van der Waals surface area contributed by atoms with E-state index in [2.05, 4.69) is 55.5 Å². The Balaban J connectivity index is -0.000000119. The van der Waals surface area contributed by atoms with Gasteiger partial charge in [-0.25, -0.2) is 20.4 Å². The first-order chi connectivity index (χ1) is 14.4. The molecule has 0 atom stereocenters. The van der Waals surface area contributed by atoms with Gasteiger partial charge in [-0.2, -0.15) is 20.5 Å². The van der Waals surface area contributed by atoms with Crippen molar-refractivity contribution in [3.8, 4) is 0 Å². The molecular weight excluding hydrogens is 526 g/mol. The van der Waals surface area contributed by atoms with Crippen LogP contribution in [0, 0.1) is 0 Å². The molecule has 0 aromatic carbocycles. The van der Waals surface area contributed by atoms with Crippen LogP contribution in [0.25, 0.3) is 10.8 Å². The Morgan fingerprint density at radius 3 is 1.39 bits per heavy atom. The third-order valence-corrected chi connectivity index (χ3v) is 2.15. The zero-order valence-corrected chi connectivity index (χ0v) is 21.7. The Labute approximate surface area is 212 Å². The minimum Gasteiger partial charge on any atom is -0.753 e. The van der Waals surface area contributed by atoms with Gasteiger partial charge in [0.2, 0.25) is 0 Å². The quantitative estimate of drug-likeness (QED) is 0.130. The predicted octanol–water partition coefficient (Wildman–Crippen LogP) is -0.361. The standard InChI is InChI=1S/2C7H8N4O.2CNS.2H2O.Zn/c2*8-7(12)11-10-5-6-2-1-3-9-4-6;2*2-1-3;;;/h2*1-5H,(H3,8,11,12);;;2*1H2;/q;;2*-1;;;+2/p+2/b2*10-5+;;;;;. The van der Waals surface area contributed by atoms with E-state index in [0.717, 1.165) is 11.1 Å². The summed E-state index contributed by atoms with van der Waals surface area (Å²) in [6, 6.07) is 5.78. The van der Waals surface area contributed by atoms with Gasteiger partial charge < -0.3 is 33.2 Å². The first-order valence-corrected chi connectivity index (χ1v) is 8.22. The Morgan fingerprint density at radius 2 is 1.18 bits per heavy atom. The van der Waals surface area contributed by atoms with Gasteiger partial charge in [-0.15, -0.1) is 0 Å². The van der Waals surface area contributed by atoms with Gasteiger partial charge in [0.1, 0.15) is 0 Å². The summed E-state index contributed by atoms with van der Waals surface area (Å²) in [5, 5.41) is 24.0. The number of nitrogens with two attached hydrogens (primary N) is 2. The number of isothiocyanates is 2. The molecule has 14 nitrogen and oxygen atoms in total. The molecule has 0 bridgehead atoms. The molecule has 172 valence electrons. The SMILES string of the molecule is NC(=O)N/N=C/c1cccnc1.NC(=O)N/N=C/c1cccnc1.[N-]=C=S.[N-]=C=S.[OH3+].[OH3+].[Zn+2]. The van der Waals surface area contributed by atoms with Gasteiger partial charge in [-0.1, -0.05) is 36.6 Å². The molecule has 0 aliphatic rings. The van der Waals surface area contributed by atoms with Crippen molar-refractivity contribution in [2.45, 2.75) is 0 Å². The van der Waals surface area contributed by atoms with Crippen molar-refractivity contribution >= 4 is 59.2 Å². The molecule has 2 aromatic rings. The third kappa shape index (κ3) is 33.2. The Bertz CT molecular complexity index is 804. The van der Waals surface area contributed by atoms with Crippen LogP contribution in [0.2, 0.25) is 0 Å². The Hall–Kier alpha value is -3.68. The van der Waals surface area contributed by atoms with Crippen LogP contribution in [0.3, 0.4) is 0 Å². The number of urea groups is 2. The van der Waals surface area contributed by atoms with Crippen LogP contribution in [-0.2, 0) is 30.4 Å². The van der Waals surface area contributed by atoms with Gasteiger partial charge in [0.15, 0.2) is 0 Å². The minimum absolute atomic E-state index is 0. The second-order valence-electron chi connectivity index (χ2n) is 4.22. The summed E-state index contributed by atoms with van der Waals surface area (Å²) in [4.78, 5) is 28.0. The van der Waals surface area contributed by atoms with Crippen LogP contribution in [0.1, 0.15) is 11.1 Å². The van der Waals surface area contributed by atoms with E-state index in [1.165, 1.54) is 22.8 Å². The molecule has 4 amide bonds. The van der Waals surface area contributed by atoms with E-state index in [1.54, 1.807) is 49.1 Å². The van der Waals surface area contributed by atoms with Crippen molar-refractivity contribution in [1.29, 1.82) is 0 Å². The molecule has 0 fully saturated rings. The number of hydrogen-bond donors (Lipinski definition) is 4. The topological polar surface area (TPSA) is 271 Å². The van der Waals surface area contributed by atoms with Crippen LogP contribution in [0.15, 0.2) is 59.3 Å². The number of carbonyl (C=O) groups excluding carboxylic acids is 2. The number of primary amides is 2. The fourth-order valence-electron chi connectivity index (χ4n) is 1.25. The summed E-state index contributed by atoms with van der Waals surface area (Å²) < 4.78 is 0. The number of hydrogen-bond acceptors (Lipinski definition) is 8. The molecule has 12 N–H and O–H groups in total. The normalized spacial score (nSPS) is 7.76. The monoisotopic (exact) mass is 546 g/mol. The van der Waals surface area contributed by atoms with Gasteiger partial charge >= 0.3 is 31.5 Å². The average molecular weight is 548 g/mol. The van der Waals surface area contributed by atoms with Gasteiger partial charge in [0, 0.05) is 35.9 Å². The number of pyridine rings is 2. The fourth-order valence-corrected chi connectivity index (χ4v) is 1.25. The molecule has 33 heavy (non-hydrogen) atoms. The molecule has 2 aromatic heterocycles. The van der Waals surface area contributed by atoms with Crippen molar-refractivity contribution in [1.82, 2.24) is 20.8 Å².